The van der Waals surface area contributed by atoms with E-state index in [4.69, 9.17) is 0 Å². The second-order valence-electron chi connectivity index (χ2n) is 5.23. The number of imidazole rings is 1. The van der Waals surface area contributed by atoms with Gasteiger partial charge in [-0.3, -0.25) is 9.13 Å². The molecule has 1 atom stereocenters. The molecule has 0 saturated carbocycles. The molecule has 1 aromatic heterocycles. The minimum absolute atomic E-state index is 0.115. The molecular weight excluding hydrogens is 226 g/mol. The third-order valence-corrected chi connectivity index (χ3v) is 3.27. The van der Waals surface area contributed by atoms with Gasteiger partial charge in [0.05, 0.1) is 0 Å². The van der Waals surface area contributed by atoms with Crippen molar-refractivity contribution in [3.63, 3.8) is 0 Å². The lowest BCUT2D eigenvalue weighted by Crippen LogP contribution is -2.26. The van der Waals surface area contributed by atoms with Crippen LogP contribution < -0.4 is 11.0 Å². The summed E-state index contributed by atoms with van der Waals surface area (Å²) in [6.45, 7) is 10.3. The van der Waals surface area contributed by atoms with Crippen LogP contribution in [0.1, 0.15) is 53.0 Å². The summed E-state index contributed by atoms with van der Waals surface area (Å²) in [6.07, 6.45) is 7.18. The fourth-order valence-electron chi connectivity index (χ4n) is 2.17. The van der Waals surface area contributed by atoms with Gasteiger partial charge in [0, 0.05) is 31.0 Å². The Morgan fingerprint density at radius 3 is 2.50 bits per heavy atom. The van der Waals surface area contributed by atoms with E-state index < -0.39 is 0 Å². The smallest absolute Gasteiger partial charge is 0.315 e. The number of rotatable bonds is 8. The van der Waals surface area contributed by atoms with E-state index >= 15 is 0 Å². The van der Waals surface area contributed by atoms with Crippen molar-refractivity contribution < 1.29 is 0 Å². The molecule has 1 unspecified atom stereocenters. The fraction of sp³-hybridized carbons (Fsp3) is 0.786. The highest BCUT2D eigenvalue weighted by Crippen LogP contribution is 2.03. The molecule has 0 fully saturated rings. The van der Waals surface area contributed by atoms with E-state index in [-0.39, 0.29) is 11.7 Å². The van der Waals surface area contributed by atoms with Crippen molar-refractivity contribution in [2.45, 2.75) is 65.6 Å². The normalized spacial score (nSPS) is 13.2. The lowest BCUT2D eigenvalue weighted by molar-refractivity contribution is 0.477. The predicted molar refractivity (Wildman–Crippen MR) is 76.1 cm³/mol. The van der Waals surface area contributed by atoms with Crippen LogP contribution in [0.15, 0.2) is 17.2 Å². The van der Waals surface area contributed by atoms with E-state index in [9.17, 15) is 4.79 Å². The highest BCUT2D eigenvalue weighted by molar-refractivity contribution is 4.83. The van der Waals surface area contributed by atoms with Crippen LogP contribution in [-0.2, 0) is 6.54 Å². The molecule has 1 N–H and O–H groups in total. The Morgan fingerprint density at radius 1 is 1.22 bits per heavy atom. The lowest BCUT2D eigenvalue weighted by Gasteiger charge is -2.11. The second kappa shape index (κ2) is 7.41. The molecule has 0 amide bonds. The van der Waals surface area contributed by atoms with E-state index in [0.717, 1.165) is 25.9 Å². The Morgan fingerprint density at radius 2 is 1.94 bits per heavy atom. The first-order valence-electron chi connectivity index (χ1n) is 7.07. The van der Waals surface area contributed by atoms with E-state index in [2.05, 4.69) is 19.2 Å². The number of nitrogens with zero attached hydrogens (tertiary/aromatic N) is 2. The Bertz CT molecular complexity index is 392. The first-order chi connectivity index (χ1) is 8.56. The SMILES string of the molecule is CCNC(C)CCCCn1ccn(C(C)C)c1=O. The van der Waals surface area contributed by atoms with Crippen LogP contribution in [0.5, 0.6) is 0 Å². The Kier molecular flexibility index (Phi) is 6.19. The first-order valence-corrected chi connectivity index (χ1v) is 7.07. The molecule has 0 bridgehead atoms. The molecule has 0 aliphatic rings. The van der Waals surface area contributed by atoms with Crippen molar-refractivity contribution in [1.82, 2.24) is 14.5 Å². The predicted octanol–water partition coefficient (Wildman–Crippen LogP) is 2.40. The summed E-state index contributed by atoms with van der Waals surface area (Å²) >= 11 is 0. The van der Waals surface area contributed by atoms with Crippen LogP contribution in [0.4, 0.5) is 0 Å². The van der Waals surface area contributed by atoms with Gasteiger partial charge in [-0.25, -0.2) is 4.79 Å². The largest absolute Gasteiger partial charge is 0.328 e. The van der Waals surface area contributed by atoms with Crippen molar-refractivity contribution >= 4 is 0 Å². The van der Waals surface area contributed by atoms with Gasteiger partial charge >= 0.3 is 5.69 Å². The molecule has 1 rings (SSSR count). The van der Waals surface area contributed by atoms with E-state index in [1.165, 1.54) is 6.42 Å². The van der Waals surface area contributed by atoms with Gasteiger partial charge in [0.15, 0.2) is 0 Å². The summed E-state index contributed by atoms with van der Waals surface area (Å²) < 4.78 is 3.60. The minimum atomic E-state index is 0.115. The van der Waals surface area contributed by atoms with Gasteiger partial charge in [0.1, 0.15) is 0 Å². The molecule has 0 radical (unpaired) electrons. The third kappa shape index (κ3) is 4.33. The van der Waals surface area contributed by atoms with Crippen LogP contribution >= 0.6 is 0 Å². The van der Waals surface area contributed by atoms with Crippen LogP contribution in [0, 0.1) is 0 Å². The summed E-state index contributed by atoms with van der Waals surface area (Å²) in [7, 11) is 0. The van der Waals surface area contributed by atoms with Crippen LogP contribution in [0.2, 0.25) is 0 Å². The van der Waals surface area contributed by atoms with E-state index in [1.54, 1.807) is 4.57 Å². The van der Waals surface area contributed by atoms with E-state index in [1.807, 2.05) is 30.8 Å². The van der Waals surface area contributed by atoms with Gasteiger partial charge in [-0.05, 0) is 40.2 Å². The van der Waals surface area contributed by atoms with Crippen LogP contribution in [0.3, 0.4) is 0 Å². The zero-order valence-electron chi connectivity index (χ0n) is 12.1. The highest BCUT2D eigenvalue weighted by atomic mass is 16.1. The summed E-state index contributed by atoms with van der Waals surface area (Å²) in [6, 6.07) is 0.819. The van der Waals surface area contributed by atoms with Crippen molar-refractivity contribution in [2.24, 2.45) is 0 Å². The molecular formula is C14H27N3O. The van der Waals surface area contributed by atoms with Gasteiger partial charge < -0.3 is 5.32 Å². The standard InChI is InChI=1S/C14H27N3O/c1-5-15-13(4)8-6-7-9-16-10-11-17(12(2)3)14(16)18/h10-13,15H,5-9H2,1-4H3. The minimum Gasteiger partial charge on any atom is -0.315 e. The molecule has 0 aliphatic carbocycles. The average molecular weight is 253 g/mol. The molecule has 4 heteroatoms. The first kappa shape index (κ1) is 15.0. The molecule has 18 heavy (non-hydrogen) atoms. The van der Waals surface area contributed by atoms with Crippen LogP contribution in [-0.4, -0.2) is 21.7 Å². The summed E-state index contributed by atoms with van der Waals surface area (Å²) in [5, 5.41) is 3.40. The van der Waals surface area contributed by atoms with Crippen molar-refractivity contribution in [2.75, 3.05) is 6.54 Å². The van der Waals surface area contributed by atoms with Gasteiger partial charge in [-0.2, -0.15) is 0 Å². The molecule has 1 heterocycles. The fourth-order valence-corrected chi connectivity index (χ4v) is 2.17. The highest BCUT2D eigenvalue weighted by Gasteiger charge is 2.06. The topological polar surface area (TPSA) is 39.0 Å². The molecule has 4 nitrogen and oxygen atoms in total. The average Bonchev–Trinajstić information content (AvgIpc) is 2.67. The number of aromatic nitrogens is 2. The quantitative estimate of drug-likeness (QED) is 0.723. The molecule has 0 saturated heterocycles. The Hall–Kier alpha value is -1.03. The maximum absolute atomic E-state index is 12.0. The molecule has 1 aromatic rings. The molecule has 104 valence electrons. The third-order valence-electron chi connectivity index (χ3n) is 3.27. The monoisotopic (exact) mass is 253 g/mol. The maximum atomic E-state index is 12.0. The lowest BCUT2D eigenvalue weighted by atomic mass is 10.1. The summed E-state index contributed by atoms with van der Waals surface area (Å²) in [5.41, 5.74) is 0.115. The molecule has 0 aromatic carbocycles. The number of hydrogen-bond donors (Lipinski definition) is 1. The Labute approximate surface area is 110 Å². The number of nitrogens with one attached hydrogen (secondary N) is 1. The van der Waals surface area contributed by atoms with E-state index in [0.29, 0.717) is 6.04 Å². The van der Waals surface area contributed by atoms with Crippen molar-refractivity contribution in [3.05, 3.63) is 22.9 Å². The van der Waals surface area contributed by atoms with Crippen molar-refractivity contribution in [1.29, 1.82) is 0 Å². The maximum Gasteiger partial charge on any atom is 0.328 e. The van der Waals surface area contributed by atoms with Gasteiger partial charge in [-0.15, -0.1) is 0 Å². The molecule has 0 spiro atoms. The Balaban J connectivity index is 2.34. The zero-order chi connectivity index (χ0) is 13.5. The van der Waals surface area contributed by atoms with Gasteiger partial charge in [0.2, 0.25) is 0 Å². The number of hydrogen-bond acceptors (Lipinski definition) is 2. The van der Waals surface area contributed by atoms with Gasteiger partial charge in [0.25, 0.3) is 0 Å². The van der Waals surface area contributed by atoms with Gasteiger partial charge in [-0.1, -0.05) is 13.3 Å². The number of unbranched alkanes of at least 4 members (excludes halogenated alkanes) is 1. The second-order valence-corrected chi connectivity index (χ2v) is 5.23. The summed E-state index contributed by atoms with van der Waals surface area (Å²) in [5.74, 6) is 0. The van der Waals surface area contributed by atoms with Crippen LogP contribution in [0.25, 0.3) is 0 Å². The zero-order valence-corrected chi connectivity index (χ0v) is 12.1. The van der Waals surface area contributed by atoms with Crippen molar-refractivity contribution in [3.8, 4) is 0 Å². The molecule has 0 aliphatic heterocycles. The summed E-state index contributed by atoms with van der Waals surface area (Å²) in [4.78, 5) is 12.0. The number of aryl methyl sites for hydroxylation is 1.